The number of benzene rings is 2. The van der Waals surface area contributed by atoms with Crippen molar-refractivity contribution >= 4 is 0 Å². The molecule has 0 aliphatic carbocycles. The number of halogens is 3. The molecule has 1 atom stereocenters. The van der Waals surface area contributed by atoms with Crippen molar-refractivity contribution in [3.05, 3.63) is 71.0 Å². The van der Waals surface area contributed by atoms with Gasteiger partial charge in [0.1, 0.15) is 17.5 Å². The summed E-state index contributed by atoms with van der Waals surface area (Å²) in [6.45, 7) is 3.26. The van der Waals surface area contributed by atoms with Crippen LogP contribution in [0, 0.1) is 17.5 Å². The van der Waals surface area contributed by atoms with E-state index >= 15 is 0 Å². The summed E-state index contributed by atoms with van der Waals surface area (Å²) in [4.78, 5) is 0. The molecule has 0 aliphatic rings. The summed E-state index contributed by atoms with van der Waals surface area (Å²) in [6, 6.07) is 9.94. The lowest BCUT2D eigenvalue weighted by molar-refractivity contribution is 0.538. The lowest BCUT2D eigenvalue weighted by Crippen LogP contribution is -2.23. The third-order valence-electron chi connectivity index (χ3n) is 3.39. The van der Waals surface area contributed by atoms with Crippen LogP contribution >= 0.6 is 0 Å². The van der Waals surface area contributed by atoms with Crippen LogP contribution in [0.5, 0.6) is 0 Å². The van der Waals surface area contributed by atoms with Crippen LogP contribution in [0.3, 0.4) is 0 Å². The molecule has 0 fully saturated rings. The lowest BCUT2D eigenvalue weighted by atomic mass is 9.91. The van der Waals surface area contributed by atoms with Crippen molar-refractivity contribution in [3.63, 3.8) is 0 Å². The van der Waals surface area contributed by atoms with E-state index in [9.17, 15) is 13.2 Å². The van der Waals surface area contributed by atoms with E-state index in [0.29, 0.717) is 24.1 Å². The van der Waals surface area contributed by atoms with Gasteiger partial charge in [-0.3, -0.25) is 0 Å². The molecular formula is C17H18F3N. The average molecular weight is 293 g/mol. The van der Waals surface area contributed by atoms with Crippen LogP contribution in [0.25, 0.3) is 0 Å². The Morgan fingerprint density at radius 1 is 1.00 bits per heavy atom. The highest BCUT2D eigenvalue weighted by molar-refractivity contribution is 5.26. The monoisotopic (exact) mass is 293 g/mol. The van der Waals surface area contributed by atoms with Gasteiger partial charge in [0, 0.05) is 18.5 Å². The first-order chi connectivity index (χ1) is 10.1. The number of hydrogen-bond acceptors (Lipinski definition) is 1. The van der Waals surface area contributed by atoms with Crippen LogP contribution in [-0.2, 0) is 6.42 Å². The van der Waals surface area contributed by atoms with E-state index in [2.05, 4.69) is 5.32 Å². The second-order valence-corrected chi connectivity index (χ2v) is 5.01. The van der Waals surface area contributed by atoms with Crippen LogP contribution in [0.4, 0.5) is 13.2 Å². The molecule has 1 nitrogen and oxygen atoms in total. The van der Waals surface area contributed by atoms with E-state index < -0.39 is 11.6 Å². The van der Waals surface area contributed by atoms with Gasteiger partial charge in [-0.25, -0.2) is 13.2 Å². The third-order valence-corrected chi connectivity index (χ3v) is 3.39. The standard InChI is InChI=1S/C17H18F3N/c1-2-21-11-13(16-5-3-4-6-17(16)20)7-12-8-14(18)10-15(19)9-12/h3-6,8-10,13,21H,2,7,11H2,1H3. The maximum Gasteiger partial charge on any atom is 0.126 e. The summed E-state index contributed by atoms with van der Waals surface area (Å²) in [5, 5.41) is 3.17. The minimum atomic E-state index is -0.610. The quantitative estimate of drug-likeness (QED) is 0.847. The first-order valence-corrected chi connectivity index (χ1v) is 7.00. The van der Waals surface area contributed by atoms with E-state index in [-0.39, 0.29) is 11.7 Å². The van der Waals surface area contributed by atoms with Crippen molar-refractivity contribution in [1.82, 2.24) is 5.32 Å². The summed E-state index contributed by atoms with van der Waals surface area (Å²) < 4.78 is 40.5. The Kier molecular flexibility index (Phi) is 5.39. The molecule has 0 saturated carbocycles. The first kappa shape index (κ1) is 15.6. The van der Waals surface area contributed by atoms with Gasteiger partial charge in [-0.15, -0.1) is 0 Å². The van der Waals surface area contributed by atoms with E-state index in [0.717, 1.165) is 12.6 Å². The van der Waals surface area contributed by atoms with Crippen molar-refractivity contribution in [3.8, 4) is 0 Å². The predicted octanol–water partition coefficient (Wildman–Crippen LogP) is 4.04. The van der Waals surface area contributed by atoms with Crippen LogP contribution in [0.15, 0.2) is 42.5 Å². The van der Waals surface area contributed by atoms with Crippen LogP contribution < -0.4 is 5.32 Å². The van der Waals surface area contributed by atoms with Gasteiger partial charge < -0.3 is 5.32 Å². The molecule has 0 bridgehead atoms. The fourth-order valence-corrected chi connectivity index (χ4v) is 2.43. The molecular weight excluding hydrogens is 275 g/mol. The minimum Gasteiger partial charge on any atom is -0.316 e. The highest BCUT2D eigenvalue weighted by atomic mass is 19.1. The van der Waals surface area contributed by atoms with Crippen LogP contribution in [0.1, 0.15) is 24.0 Å². The van der Waals surface area contributed by atoms with E-state index in [1.54, 1.807) is 18.2 Å². The Hall–Kier alpha value is -1.81. The maximum atomic E-state index is 14.0. The molecule has 112 valence electrons. The lowest BCUT2D eigenvalue weighted by Gasteiger charge is -2.19. The van der Waals surface area contributed by atoms with Gasteiger partial charge in [0.15, 0.2) is 0 Å². The molecule has 1 unspecified atom stereocenters. The zero-order chi connectivity index (χ0) is 15.2. The number of rotatable bonds is 6. The fraction of sp³-hybridized carbons (Fsp3) is 0.294. The first-order valence-electron chi connectivity index (χ1n) is 7.00. The molecule has 0 radical (unpaired) electrons. The summed E-state index contributed by atoms with van der Waals surface area (Å²) in [5.74, 6) is -1.69. The van der Waals surface area contributed by atoms with Crippen molar-refractivity contribution in [1.29, 1.82) is 0 Å². The Morgan fingerprint density at radius 3 is 2.29 bits per heavy atom. The van der Waals surface area contributed by atoms with Gasteiger partial charge in [-0.2, -0.15) is 0 Å². The van der Waals surface area contributed by atoms with Crippen LogP contribution in [0.2, 0.25) is 0 Å². The van der Waals surface area contributed by atoms with Gasteiger partial charge in [0.25, 0.3) is 0 Å². The number of hydrogen-bond donors (Lipinski definition) is 1. The normalized spacial score (nSPS) is 12.4. The van der Waals surface area contributed by atoms with Gasteiger partial charge >= 0.3 is 0 Å². The van der Waals surface area contributed by atoms with Gasteiger partial charge in [0.2, 0.25) is 0 Å². The van der Waals surface area contributed by atoms with E-state index in [1.807, 2.05) is 6.92 Å². The molecule has 0 aromatic heterocycles. The Balaban J connectivity index is 2.26. The van der Waals surface area contributed by atoms with Crippen molar-refractivity contribution in [2.45, 2.75) is 19.3 Å². The molecule has 0 heterocycles. The molecule has 1 N–H and O–H groups in total. The molecule has 2 aromatic rings. The van der Waals surface area contributed by atoms with E-state index in [1.165, 1.54) is 18.2 Å². The predicted molar refractivity (Wildman–Crippen MR) is 77.7 cm³/mol. The maximum absolute atomic E-state index is 14.0. The Bertz CT molecular complexity index is 578. The molecule has 0 aliphatic heterocycles. The molecule has 0 amide bonds. The SMILES string of the molecule is CCNCC(Cc1cc(F)cc(F)c1)c1ccccc1F. The molecule has 0 spiro atoms. The summed E-state index contributed by atoms with van der Waals surface area (Å²) >= 11 is 0. The average Bonchev–Trinajstić information content (AvgIpc) is 2.43. The molecule has 0 saturated heterocycles. The van der Waals surface area contributed by atoms with Gasteiger partial charge in [0.05, 0.1) is 0 Å². The molecule has 2 rings (SSSR count). The number of nitrogens with one attached hydrogen (secondary N) is 1. The van der Waals surface area contributed by atoms with Gasteiger partial charge in [-0.1, -0.05) is 25.1 Å². The smallest absolute Gasteiger partial charge is 0.126 e. The number of likely N-dealkylation sites (N-methyl/N-ethyl adjacent to an activating group) is 1. The highest BCUT2D eigenvalue weighted by Gasteiger charge is 2.16. The highest BCUT2D eigenvalue weighted by Crippen LogP contribution is 2.24. The largest absolute Gasteiger partial charge is 0.316 e. The summed E-state index contributed by atoms with van der Waals surface area (Å²) in [7, 11) is 0. The third kappa shape index (κ3) is 4.33. The second kappa shape index (κ2) is 7.27. The van der Waals surface area contributed by atoms with Gasteiger partial charge in [-0.05, 0) is 42.3 Å². The second-order valence-electron chi connectivity index (χ2n) is 5.01. The van der Waals surface area contributed by atoms with E-state index in [4.69, 9.17) is 0 Å². The van der Waals surface area contributed by atoms with Crippen LogP contribution in [-0.4, -0.2) is 13.1 Å². The van der Waals surface area contributed by atoms with Crippen molar-refractivity contribution < 1.29 is 13.2 Å². The Labute approximate surface area is 122 Å². The zero-order valence-corrected chi connectivity index (χ0v) is 11.9. The summed E-state index contributed by atoms with van der Waals surface area (Å²) in [6.07, 6.45) is 0.378. The minimum absolute atomic E-state index is 0.174. The van der Waals surface area contributed by atoms with Crippen molar-refractivity contribution in [2.24, 2.45) is 0 Å². The molecule has 21 heavy (non-hydrogen) atoms. The summed E-state index contributed by atoms with van der Waals surface area (Å²) in [5.41, 5.74) is 1.08. The molecule has 2 aromatic carbocycles. The fourth-order valence-electron chi connectivity index (χ4n) is 2.43. The Morgan fingerprint density at radius 2 is 1.67 bits per heavy atom. The topological polar surface area (TPSA) is 12.0 Å². The zero-order valence-electron chi connectivity index (χ0n) is 11.9. The van der Waals surface area contributed by atoms with Crippen molar-refractivity contribution in [2.75, 3.05) is 13.1 Å². The molecule has 4 heteroatoms.